The molecule has 1 rings (SSSR count). The molecule has 0 radical (unpaired) electrons. The molecule has 0 saturated carbocycles. The number of hydrogen-bond acceptors (Lipinski definition) is 2. The summed E-state index contributed by atoms with van der Waals surface area (Å²) in [6.07, 6.45) is 3.07. The Hall–Kier alpha value is -0.570. The minimum absolute atomic E-state index is 0.432. The van der Waals surface area contributed by atoms with E-state index in [-0.39, 0.29) is 0 Å². The number of rotatable bonds is 9. The summed E-state index contributed by atoms with van der Waals surface area (Å²) in [5, 5.41) is 4.38. The molecule has 1 atom stereocenters. The molecule has 19 heavy (non-hydrogen) atoms. The Labute approximate surface area is 122 Å². The number of ether oxygens (including phenoxy) is 1. The fraction of sp³-hybridized carbons (Fsp3) is 0.625. The van der Waals surface area contributed by atoms with Gasteiger partial charge in [0.25, 0.3) is 0 Å². The molecule has 0 heterocycles. The molecule has 0 aromatic heterocycles. The predicted octanol–water partition coefficient (Wildman–Crippen LogP) is 3.99. The standard InChI is InChI=1S/C16H26ClNO/c1-4-9-19-10-8-15(18-5-2)12-14-7-6-13(3)11-16(14)17/h6-7,11,15,18H,4-5,8-10,12H2,1-3H3. The first-order chi connectivity index (χ1) is 9.17. The van der Waals surface area contributed by atoms with Crippen LogP contribution in [-0.2, 0) is 11.2 Å². The van der Waals surface area contributed by atoms with Gasteiger partial charge in [0.15, 0.2) is 0 Å². The van der Waals surface area contributed by atoms with E-state index < -0.39 is 0 Å². The van der Waals surface area contributed by atoms with E-state index in [1.165, 1.54) is 11.1 Å². The van der Waals surface area contributed by atoms with Crippen molar-refractivity contribution in [3.63, 3.8) is 0 Å². The molecule has 108 valence electrons. The molecule has 2 nitrogen and oxygen atoms in total. The highest BCUT2D eigenvalue weighted by Crippen LogP contribution is 2.19. The average molecular weight is 284 g/mol. The predicted molar refractivity (Wildman–Crippen MR) is 83.1 cm³/mol. The van der Waals surface area contributed by atoms with Crippen molar-refractivity contribution < 1.29 is 4.74 Å². The van der Waals surface area contributed by atoms with Gasteiger partial charge in [-0.25, -0.2) is 0 Å². The SMILES string of the molecule is CCCOCCC(Cc1ccc(C)cc1Cl)NCC. The highest BCUT2D eigenvalue weighted by atomic mass is 35.5. The summed E-state index contributed by atoms with van der Waals surface area (Å²) < 4.78 is 5.57. The Balaban J connectivity index is 2.51. The number of aryl methyl sites for hydroxylation is 1. The normalized spacial score (nSPS) is 12.6. The molecule has 0 amide bonds. The van der Waals surface area contributed by atoms with Gasteiger partial charge in [0.2, 0.25) is 0 Å². The van der Waals surface area contributed by atoms with E-state index >= 15 is 0 Å². The van der Waals surface area contributed by atoms with Gasteiger partial charge >= 0.3 is 0 Å². The fourth-order valence-corrected chi connectivity index (χ4v) is 2.43. The molecule has 0 bridgehead atoms. The number of hydrogen-bond donors (Lipinski definition) is 1. The third-order valence-corrected chi connectivity index (χ3v) is 3.48. The van der Waals surface area contributed by atoms with Crippen LogP contribution < -0.4 is 5.32 Å². The van der Waals surface area contributed by atoms with Crippen molar-refractivity contribution in [1.82, 2.24) is 5.32 Å². The first-order valence-electron chi connectivity index (χ1n) is 7.23. The van der Waals surface area contributed by atoms with Crippen molar-refractivity contribution in [3.05, 3.63) is 34.3 Å². The molecule has 0 aliphatic heterocycles. The van der Waals surface area contributed by atoms with Crippen LogP contribution in [0, 0.1) is 6.92 Å². The van der Waals surface area contributed by atoms with E-state index in [9.17, 15) is 0 Å². The summed E-state index contributed by atoms with van der Waals surface area (Å²) in [7, 11) is 0. The van der Waals surface area contributed by atoms with Crippen LogP contribution in [0.25, 0.3) is 0 Å². The van der Waals surface area contributed by atoms with Gasteiger partial charge in [0.05, 0.1) is 0 Å². The first kappa shape index (κ1) is 16.5. The highest BCUT2D eigenvalue weighted by molar-refractivity contribution is 6.31. The zero-order chi connectivity index (χ0) is 14.1. The molecule has 0 fully saturated rings. The summed E-state index contributed by atoms with van der Waals surface area (Å²) in [4.78, 5) is 0. The largest absolute Gasteiger partial charge is 0.381 e. The molecule has 0 aliphatic rings. The molecule has 0 saturated heterocycles. The van der Waals surface area contributed by atoms with Crippen molar-refractivity contribution >= 4 is 11.6 Å². The lowest BCUT2D eigenvalue weighted by molar-refractivity contribution is 0.124. The van der Waals surface area contributed by atoms with Gasteiger partial charge < -0.3 is 10.1 Å². The van der Waals surface area contributed by atoms with Gasteiger partial charge in [0.1, 0.15) is 0 Å². The van der Waals surface area contributed by atoms with Crippen LogP contribution in [0.4, 0.5) is 0 Å². The molecular formula is C16H26ClNO. The zero-order valence-electron chi connectivity index (χ0n) is 12.3. The maximum absolute atomic E-state index is 6.30. The maximum atomic E-state index is 6.30. The quantitative estimate of drug-likeness (QED) is 0.692. The summed E-state index contributed by atoms with van der Waals surface area (Å²) in [6.45, 7) is 8.97. The summed E-state index contributed by atoms with van der Waals surface area (Å²) in [5.74, 6) is 0. The fourth-order valence-electron chi connectivity index (χ4n) is 2.12. The average Bonchev–Trinajstić information content (AvgIpc) is 2.38. The van der Waals surface area contributed by atoms with Crippen molar-refractivity contribution in [3.8, 4) is 0 Å². The third kappa shape index (κ3) is 6.42. The van der Waals surface area contributed by atoms with Gasteiger partial charge in [-0.3, -0.25) is 0 Å². The van der Waals surface area contributed by atoms with E-state index in [2.05, 4.69) is 38.2 Å². The summed E-state index contributed by atoms with van der Waals surface area (Å²) in [6, 6.07) is 6.72. The molecule has 1 aromatic carbocycles. The van der Waals surface area contributed by atoms with Crippen LogP contribution in [0.2, 0.25) is 5.02 Å². The van der Waals surface area contributed by atoms with Crippen LogP contribution in [0.3, 0.4) is 0 Å². The number of nitrogens with one attached hydrogen (secondary N) is 1. The Morgan fingerprint density at radius 1 is 1.26 bits per heavy atom. The molecule has 0 aliphatic carbocycles. The summed E-state index contributed by atoms with van der Waals surface area (Å²) >= 11 is 6.30. The van der Waals surface area contributed by atoms with Crippen LogP contribution in [0.1, 0.15) is 37.8 Å². The zero-order valence-corrected chi connectivity index (χ0v) is 13.1. The first-order valence-corrected chi connectivity index (χ1v) is 7.61. The van der Waals surface area contributed by atoms with Crippen molar-refractivity contribution in [1.29, 1.82) is 0 Å². The van der Waals surface area contributed by atoms with Crippen LogP contribution in [0.15, 0.2) is 18.2 Å². The lowest BCUT2D eigenvalue weighted by Crippen LogP contribution is -2.32. The maximum Gasteiger partial charge on any atom is 0.0480 e. The van der Waals surface area contributed by atoms with Crippen LogP contribution in [-0.4, -0.2) is 25.8 Å². The molecule has 3 heteroatoms. The monoisotopic (exact) mass is 283 g/mol. The van der Waals surface area contributed by atoms with Gasteiger partial charge in [-0.2, -0.15) is 0 Å². The van der Waals surface area contributed by atoms with Gasteiger partial charge in [0, 0.05) is 24.3 Å². The van der Waals surface area contributed by atoms with Crippen molar-refractivity contribution in [2.45, 2.75) is 46.1 Å². The Bertz CT molecular complexity index is 368. The Morgan fingerprint density at radius 3 is 2.68 bits per heavy atom. The second-order valence-corrected chi connectivity index (χ2v) is 5.36. The van der Waals surface area contributed by atoms with E-state index in [4.69, 9.17) is 16.3 Å². The van der Waals surface area contributed by atoms with Crippen LogP contribution >= 0.6 is 11.6 Å². The Morgan fingerprint density at radius 2 is 2.05 bits per heavy atom. The van der Waals surface area contributed by atoms with Gasteiger partial charge in [-0.15, -0.1) is 0 Å². The second kappa shape index (κ2) is 9.35. The minimum atomic E-state index is 0.432. The molecule has 1 N–H and O–H groups in total. The van der Waals surface area contributed by atoms with E-state index in [0.29, 0.717) is 6.04 Å². The molecule has 0 spiro atoms. The molecular weight excluding hydrogens is 258 g/mol. The lowest BCUT2D eigenvalue weighted by Gasteiger charge is -2.19. The topological polar surface area (TPSA) is 21.3 Å². The molecule has 1 aromatic rings. The van der Waals surface area contributed by atoms with Crippen molar-refractivity contribution in [2.75, 3.05) is 19.8 Å². The van der Waals surface area contributed by atoms with Gasteiger partial charge in [-0.05, 0) is 49.9 Å². The Kier molecular flexibility index (Phi) is 8.11. The van der Waals surface area contributed by atoms with Crippen molar-refractivity contribution in [2.24, 2.45) is 0 Å². The second-order valence-electron chi connectivity index (χ2n) is 4.95. The molecule has 1 unspecified atom stereocenters. The van der Waals surface area contributed by atoms with Crippen LogP contribution in [0.5, 0.6) is 0 Å². The van der Waals surface area contributed by atoms with E-state index in [1.54, 1.807) is 0 Å². The van der Waals surface area contributed by atoms with E-state index in [1.807, 2.05) is 6.07 Å². The number of likely N-dealkylation sites (N-methyl/N-ethyl adjacent to an activating group) is 1. The minimum Gasteiger partial charge on any atom is -0.381 e. The smallest absolute Gasteiger partial charge is 0.0480 e. The van der Waals surface area contributed by atoms with E-state index in [0.717, 1.165) is 44.0 Å². The highest BCUT2D eigenvalue weighted by Gasteiger charge is 2.10. The van der Waals surface area contributed by atoms with Gasteiger partial charge in [-0.1, -0.05) is 37.6 Å². The third-order valence-electron chi connectivity index (χ3n) is 3.13. The lowest BCUT2D eigenvalue weighted by atomic mass is 10.0. The number of benzene rings is 1. The number of halogens is 1. The summed E-state index contributed by atoms with van der Waals surface area (Å²) in [5.41, 5.74) is 2.42.